The summed E-state index contributed by atoms with van der Waals surface area (Å²) in [6.07, 6.45) is 1.77. The van der Waals surface area contributed by atoms with E-state index in [1.165, 1.54) is 5.56 Å². The number of hydrogen-bond donors (Lipinski definition) is 2. The minimum atomic E-state index is 0. The van der Waals surface area contributed by atoms with E-state index >= 15 is 0 Å². The van der Waals surface area contributed by atoms with E-state index in [0.717, 1.165) is 29.5 Å². The second-order valence-corrected chi connectivity index (χ2v) is 6.29. The largest absolute Gasteiger partial charge is 0.487 e. The van der Waals surface area contributed by atoms with Crippen LogP contribution in [0.4, 0.5) is 0 Å². The van der Waals surface area contributed by atoms with Crippen molar-refractivity contribution in [1.82, 2.24) is 15.6 Å². The maximum atomic E-state index is 5.78. The second-order valence-electron chi connectivity index (χ2n) is 6.29. The van der Waals surface area contributed by atoms with Crippen molar-refractivity contribution in [3.8, 4) is 5.75 Å². The first kappa shape index (κ1) is 22.7. The van der Waals surface area contributed by atoms with Gasteiger partial charge in [0.15, 0.2) is 5.96 Å². The average Bonchev–Trinajstić information content (AvgIpc) is 2.76. The first-order valence-corrected chi connectivity index (χ1v) is 9.51. The number of guanidine groups is 1. The van der Waals surface area contributed by atoms with Crippen LogP contribution in [0.1, 0.15) is 23.7 Å². The summed E-state index contributed by atoms with van der Waals surface area (Å²) in [5.74, 6) is 1.64. The molecular weight excluding hydrogens is 475 g/mol. The fourth-order valence-electron chi connectivity index (χ4n) is 2.63. The highest BCUT2D eigenvalue weighted by molar-refractivity contribution is 14.0. The summed E-state index contributed by atoms with van der Waals surface area (Å²) < 4.78 is 5.78. The Labute approximate surface area is 189 Å². The SMILES string of the molecule is CCNC(=NCc1ccccc1)NCc1ccc(OCc2ccccn2)cc1.I. The number of hydrogen-bond acceptors (Lipinski definition) is 3. The highest BCUT2D eigenvalue weighted by Gasteiger charge is 2.01. The van der Waals surface area contributed by atoms with E-state index in [1.54, 1.807) is 6.20 Å². The molecule has 0 atom stereocenters. The molecule has 0 radical (unpaired) electrons. The molecule has 1 aromatic heterocycles. The predicted molar refractivity (Wildman–Crippen MR) is 129 cm³/mol. The molecule has 0 saturated carbocycles. The van der Waals surface area contributed by atoms with E-state index in [-0.39, 0.29) is 24.0 Å². The maximum absolute atomic E-state index is 5.78. The minimum Gasteiger partial charge on any atom is -0.487 e. The number of halogens is 1. The van der Waals surface area contributed by atoms with Crippen molar-refractivity contribution < 1.29 is 4.74 Å². The van der Waals surface area contributed by atoms with Crippen LogP contribution in [0.2, 0.25) is 0 Å². The molecule has 0 aliphatic rings. The number of nitrogens with zero attached hydrogens (tertiary/aromatic N) is 2. The number of benzene rings is 2. The molecule has 1 heterocycles. The van der Waals surface area contributed by atoms with Crippen LogP contribution < -0.4 is 15.4 Å². The van der Waals surface area contributed by atoms with Gasteiger partial charge in [0.1, 0.15) is 12.4 Å². The first-order valence-electron chi connectivity index (χ1n) is 9.51. The second kappa shape index (κ2) is 12.8. The average molecular weight is 502 g/mol. The number of nitrogens with one attached hydrogen (secondary N) is 2. The summed E-state index contributed by atoms with van der Waals surface area (Å²) in [4.78, 5) is 8.90. The Morgan fingerprint density at radius 2 is 1.66 bits per heavy atom. The van der Waals surface area contributed by atoms with Crippen molar-refractivity contribution in [2.24, 2.45) is 4.99 Å². The van der Waals surface area contributed by atoms with Gasteiger partial charge >= 0.3 is 0 Å². The fraction of sp³-hybridized carbons (Fsp3) is 0.217. The molecule has 0 aliphatic heterocycles. The summed E-state index contributed by atoms with van der Waals surface area (Å²) in [6, 6.07) is 24.1. The predicted octanol–water partition coefficient (Wildman–Crippen LogP) is 4.53. The molecule has 0 bridgehead atoms. The highest BCUT2D eigenvalue weighted by atomic mass is 127. The third-order valence-corrected chi connectivity index (χ3v) is 4.10. The third-order valence-electron chi connectivity index (χ3n) is 4.10. The van der Waals surface area contributed by atoms with Crippen molar-refractivity contribution in [1.29, 1.82) is 0 Å². The Morgan fingerprint density at radius 1 is 0.897 bits per heavy atom. The molecule has 29 heavy (non-hydrogen) atoms. The van der Waals surface area contributed by atoms with Gasteiger partial charge in [0.25, 0.3) is 0 Å². The topological polar surface area (TPSA) is 58.5 Å². The van der Waals surface area contributed by atoms with Gasteiger partial charge in [-0.2, -0.15) is 0 Å². The lowest BCUT2D eigenvalue weighted by atomic mass is 10.2. The van der Waals surface area contributed by atoms with Crippen LogP contribution in [-0.4, -0.2) is 17.5 Å². The number of ether oxygens (including phenoxy) is 1. The molecular formula is C23H27IN4O. The Hall–Kier alpha value is -2.61. The third kappa shape index (κ3) is 8.11. The number of aliphatic imine (C=N–C) groups is 1. The van der Waals surface area contributed by atoms with Gasteiger partial charge in [0, 0.05) is 19.3 Å². The van der Waals surface area contributed by atoms with E-state index in [4.69, 9.17) is 4.74 Å². The van der Waals surface area contributed by atoms with E-state index in [0.29, 0.717) is 19.7 Å². The van der Waals surface area contributed by atoms with E-state index < -0.39 is 0 Å². The molecule has 0 fully saturated rings. The molecule has 2 aromatic carbocycles. The Morgan fingerprint density at radius 3 is 2.34 bits per heavy atom. The van der Waals surface area contributed by atoms with Crippen molar-refractivity contribution in [2.75, 3.05) is 6.54 Å². The monoisotopic (exact) mass is 502 g/mol. The smallest absolute Gasteiger partial charge is 0.191 e. The lowest BCUT2D eigenvalue weighted by Gasteiger charge is -2.12. The van der Waals surface area contributed by atoms with Gasteiger partial charge in [-0.15, -0.1) is 24.0 Å². The van der Waals surface area contributed by atoms with Crippen LogP contribution in [0.25, 0.3) is 0 Å². The van der Waals surface area contributed by atoms with E-state index in [9.17, 15) is 0 Å². The molecule has 5 nitrogen and oxygen atoms in total. The molecule has 6 heteroatoms. The zero-order valence-corrected chi connectivity index (χ0v) is 18.9. The van der Waals surface area contributed by atoms with Crippen molar-refractivity contribution in [3.05, 3.63) is 95.8 Å². The van der Waals surface area contributed by atoms with Crippen LogP contribution in [0.3, 0.4) is 0 Å². The van der Waals surface area contributed by atoms with Gasteiger partial charge in [-0.05, 0) is 42.3 Å². The van der Waals surface area contributed by atoms with Gasteiger partial charge < -0.3 is 15.4 Å². The standard InChI is InChI=1S/C23H26N4O.HI/c1-2-24-23(26-16-19-8-4-3-5-9-19)27-17-20-11-13-22(14-12-20)28-18-21-10-6-7-15-25-21;/h3-15H,2,16-18H2,1H3,(H2,24,26,27);1H. The van der Waals surface area contributed by atoms with E-state index in [1.807, 2.05) is 48.5 Å². The van der Waals surface area contributed by atoms with E-state index in [2.05, 4.69) is 51.8 Å². The zero-order valence-electron chi connectivity index (χ0n) is 16.5. The van der Waals surface area contributed by atoms with Gasteiger partial charge in [0.2, 0.25) is 0 Å². The van der Waals surface area contributed by atoms with Crippen molar-refractivity contribution in [3.63, 3.8) is 0 Å². The molecule has 0 unspecified atom stereocenters. The minimum absolute atomic E-state index is 0. The first-order chi connectivity index (χ1) is 13.8. The van der Waals surface area contributed by atoms with Crippen LogP contribution in [0, 0.1) is 0 Å². The summed E-state index contributed by atoms with van der Waals surface area (Å²) in [5.41, 5.74) is 3.27. The van der Waals surface area contributed by atoms with Gasteiger partial charge in [-0.25, -0.2) is 4.99 Å². The highest BCUT2D eigenvalue weighted by Crippen LogP contribution is 2.13. The Bertz CT molecular complexity index is 855. The zero-order chi connectivity index (χ0) is 19.4. The van der Waals surface area contributed by atoms with Crippen molar-refractivity contribution >= 4 is 29.9 Å². The molecule has 0 spiro atoms. The van der Waals surface area contributed by atoms with Gasteiger partial charge in [0.05, 0.1) is 12.2 Å². The van der Waals surface area contributed by atoms with Crippen LogP contribution in [0.15, 0.2) is 84.0 Å². The van der Waals surface area contributed by atoms with Gasteiger partial charge in [-0.3, -0.25) is 4.98 Å². The number of aromatic nitrogens is 1. The lowest BCUT2D eigenvalue weighted by molar-refractivity contribution is 0.301. The fourth-order valence-corrected chi connectivity index (χ4v) is 2.63. The van der Waals surface area contributed by atoms with Gasteiger partial charge in [-0.1, -0.05) is 48.5 Å². The number of rotatable bonds is 8. The van der Waals surface area contributed by atoms with Crippen molar-refractivity contribution in [2.45, 2.75) is 26.6 Å². The van der Waals surface area contributed by atoms with Crippen LogP contribution >= 0.6 is 24.0 Å². The number of pyridine rings is 1. The molecule has 3 rings (SSSR count). The molecule has 0 saturated heterocycles. The molecule has 2 N–H and O–H groups in total. The molecule has 0 aliphatic carbocycles. The quantitative estimate of drug-likeness (QED) is 0.270. The summed E-state index contributed by atoms with van der Waals surface area (Å²) >= 11 is 0. The summed E-state index contributed by atoms with van der Waals surface area (Å²) in [5, 5.41) is 6.65. The molecule has 0 amide bonds. The lowest BCUT2D eigenvalue weighted by Crippen LogP contribution is -2.36. The van der Waals surface area contributed by atoms with Crippen LogP contribution in [-0.2, 0) is 19.7 Å². The Kier molecular flexibility index (Phi) is 9.99. The Balaban J connectivity index is 0.00000300. The van der Waals surface area contributed by atoms with Crippen LogP contribution in [0.5, 0.6) is 5.75 Å². The summed E-state index contributed by atoms with van der Waals surface area (Å²) in [7, 11) is 0. The summed E-state index contributed by atoms with van der Waals surface area (Å²) in [6.45, 7) is 4.70. The molecule has 3 aromatic rings. The maximum Gasteiger partial charge on any atom is 0.191 e. The normalized spacial score (nSPS) is 10.7. The molecule has 152 valence electrons.